The highest BCUT2D eigenvalue weighted by atomic mass is 31.0. The number of amides is 2. The minimum Gasteiger partial charge on any atom is -0.488 e. The molecule has 173 valence electrons. The summed E-state index contributed by atoms with van der Waals surface area (Å²) in [7, 11) is 4.00. The molecule has 0 atom stereocenters. The van der Waals surface area contributed by atoms with Crippen LogP contribution in [-0.4, -0.2) is 55.7 Å². The molecule has 3 radical (unpaired) electrons. The summed E-state index contributed by atoms with van der Waals surface area (Å²) >= 11 is 0. The minimum atomic E-state index is -0.401. The Morgan fingerprint density at radius 3 is 2.56 bits per heavy atom. The van der Waals surface area contributed by atoms with Gasteiger partial charge >= 0.3 is 0 Å². The molecule has 0 unspecified atom stereocenters. The van der Waals surface area contributed by atoms with Gasteiger partial charge in [0.2, 0.25) is 11.8 Å². The van der Waals surface area contributed by atoms with Crippen molar-refractivity contribution in [3.8, 4) is 5.75 Å². The highest BCUT2D eigenvalue weighted by Crippen LogP contribution is 2.25. The van der Waals surface area contributed by atoms with Crippen molar-refractivity contribution in [2.45, 2.75) is 32.1 Å². The summed E-state index contributed by atoms with van der Waals surface area (Å²) in [5.41, 5.74) is 2.20. The van der Waals surface area contributed by atoms with Crippen LogP contribution in [0.1, 0.15) is 32.1 Å². The monoisotopic (exact) mass is 458 g/mol. The fraction of sp³-hybridized carbons (Fsp3) is 0.417. The Balaban J connectivity index is 0.00000512. The molecule has 8 heteroatoms. The van der Waals surface area contributed by atoms with Crippen LogP contribution in [0.25, 0.3) is 10.8 Å². The summed E-state index contributed by atoms with van der Waals surface area (Å²) in [6.07, 6.45) is 5.01. The van der Waals surface area contributed by atoms with Crippen LogP contribution in [-0.2, 0) is 9.59 Å². The van der Waals surface area contributed by atoms with Crippen molar-refractivity contribution < 1.29 is 19.5 Å². The summed E-state index contributed by atoms with van der Waals surface area (Å²) in [6, 6.07) is 13.8. The van der Waals surface area contributed by atoms with Crippen LogP contribution in [0, 0.1) is 0 Å². The first kappa shape index (κ1) is 27.6. The van der Waals surface area contributed by atoms with E-state index in [0.717, 1.165) is 35.9 Å². The molecule has 2 rings (SSSR count). The van der Waals surface area contributed by atoms with E-state index in [1.807, 2.05) is 62.6 Å². The average molecular weight is 459 g/mol. The van der Waals surface area contributed by atoms with Gasteiger partial charge < -0.3 is 15.0 Å². The maximum Gasteiger partial charge on any atom is 0.250 e. The molecule has 0 heterocycles. The van der Waals surface area contributed by atoms with Gasteiger partial charge in [-0.1, -0.05) is 42.5 Å². The maximum absolute atomic E-state index is 12.7. The lowest BCUT2D eigenvalue weighted by Gasteiger charge is -2.14. The maximum atomic E-state index is 12.7. The van der Waals surface area contributed by atoms with Gasteiger partial charge in [0.05, 0.1) is 5.57 Å². The van der Waals surface area contributed by atoms with E-state index in [1.54, 1.807) is 5.48 Å². The summed E-state index contributed by atoms with van der Waals surface area (Å²) in [6.45, 7) is 1.67. The second kappa shape index (κ2) is 15.4. The van der Waals surface area contributed by atoms with E-state index in [0.29, 0.717) is 25.0 Å². The van der Waals surface area contributed by atoms with E-state index in [1.165, 1.54) is 0 Å². The van der Waals surface area contributed by atoms with E-state index < -0.39 is 5.91 Å². The number of allylic oxidation sites excluding steroid dienone is 1. The van der Waals surface area contributed by atoms with Crippen LogP contribution in [0.2, 0.25) is 0 Å². The Kier molecular flexibility index (Phi) is 13.2. The Bertz CT molecular complexity index is 881. The lowest BCUT2D eigenvalue weighted by Crippen LogP contribution is -2.30. The van der Waals surface area contributed by atoms with Gasteiger partial charge in [-0.15, -0.1) is 0 Å². The molecule has 0 aliphatic heterocycles. The fourth-order valence-corrected chi connectivity index (χ4v) is 3.17. The topological polar surface area (TPSA) is 90.9 Å². The molecule has 2 aromatic carbocycles. The fourth-order valence-electron chi connectivity index (χ4n) is 3.17. The number of hydrogen-bond acceptors (Lipinski definition) is 5. The highest BCUT2D eigenvalue weighted by Gasteiger charge is 2.11. The van der Waals surface area contributed by atoms with E-state index >= 15 is 0 Å². The first-order chi connectivity index (χ1) is 15.0. The molecule has 2 aromatic rings. The summed E-state index contributed by atoms with van der Waals surface area (Å²) < 4.78 is 6.03. The Morgan fingerprint density at radius 1 is 1.06 bits per heavy atom. The molecular weight excluding hydrogens is 425 g/mol. The predicted molar refractivity (Wildman–Crippen MR) is 129 cm³/mol. The van der Waals surface area contributed by atoms with Gasteiger partial charge in [0.1, 0.15) is 12.4 Å². The first-order valence-electron chi connectivity index (χ1n) is 10.7. The molecule has 0 spiro atoms. The van der Waals surface area contributed by atoms with E-state index in [-0.39, 0.29) is 28.8 Å². The van der Waals surface area contributed by atoms with E-state index in [9.17, 15) is 9.59 Å². The lowest BCUT2D eigenvalue weighted by atomic mass is 10.1. The molecule has 0 fully saturated rings. The van der Waals surface area contributed by atoms with Gasteiger partial charge in [0.15, 0.2) is 0 Å². The van der Waals surface area contributed by atoms with Crippen LogP contribution in [0.5, 0.6) is 5.75 Å². The molecule has 0 aliphatic carbocycles. The predicted octanol–water partition coefficient (Wildman–Crippen LogP) is 4.14. The number of nitrogens with zero attached hydrogens (tertiary/aromatic N) is 1. The molecule has 0 saturated heterocycles. The third kappa shape index (κ3) is 9.77. The zero-order valence-corrected chi connectivity index (χ0v) is 19.7. The van der Waals surface area contributed by atoms with Crippen molar-refractivity contribution in [1.29, 1.82) is 0 Å². The molecule has 0 aliphatic rings. The number of benzene rings is 2. The smallest absolute Gasteiger partial charge is 0.250 e. The molecule has 0 saturated carbocycles. The van der Waals surface area contributed by atoms with E-state index in [2.05, 4.69) is 10.2 Å². The number of carbonyl (C=O) groups excluding carboxylic acids is 2. The highest BCUT2D eigenvalue weighted by molar-refractivity contribution is 6.92. The van der Waals surface area contributed by atoms with Crippen molar-refractivity contribution in [3.63, 3.8) is 0 Å². The normalized spacial score (nSPS) is 11.2. The van der Waals surface area contributed by atoms with Gasteiger partial charge in [-0.3, -0.25) is 14.8 Å². The summed E-state index contributed by atoms with van der Waals surface area (Å²) in [5, 5.41) is 13.6. The van der Waals surface area contributed by atoms with Crippen LogP contribution in [0.4, 0.5) is 0 Å². The molecule has 32 heavy (non-hydrogen) atoms. The second-order valence-corrected chi connectivity index (χ2v) is 7.69. The van der Waals surface area contributed by atoms with Gasteiger partial charge in [0, 0.05) is 28.3 Å². The van der Waals surface area contributed by atoms with Crippen molar-refractivity contribution in [2.75, 3.05) is 33.8 Å². The molecule has 2 amide bonds. The van der Waals surface area contributed by atoms with Crippen molar-refractivity contribution >= 4 is 32.5 Å². The zero-order valence-electron chi connectivity index (χ0n) is 18.8. The Hall–Kier alpha value is -2.47. The number of hydroxylamine groups is 1. The van der Waals surface area contributed by atoms with Gasteiger partial charge in [0.25, 0.3) is 0 Å². The summed E-state index contributed by atoms with van der Waals surface area (Å²) in [5.74, 6) is 0.207. The largest absolute Gasteiger partial charge is 0.488 e. The van der Waals surface area contributed by atoms with Crippen LogP contribution in [0.3, 0.4) is 0 Å². The number of nitrogens with one attached hydrogen (secondary N) is 2. The Morgan fingerprint density at radius 2 is 1.81 bits per heavy atom. The first-order valence-corrected chi connectivity index (χ1v) is 10.7. The Labute approximate surface area is 193 Å². The van der Waals surface area contributed by atoms with Gasteiger partial charge in [-0.25, -0.2) is 5.48 Å². The molecule has 0 aromatic heterocycles. The average Bonchev–Trinajstić information content (AvgIpc) is 2.78. The number of carbonyl (C=O) groups is 2. The zero-order chi connectivity index (χ0) is 22.5. The molecule has 0 bridgehead atoms. The number of ether oxygens (including phenoxy) is 1. The van der Waals surface area contributed by atoms with Crippen LogP contribution >= 0.6 is 9.90 Å². The number of unbranched alkanes of at least 4 members (excludes halogenated alkanes) is 2. The second-order valence-electron chi connectivity index (χ2n) is 7.69. The molecule has 3 N–H and O–H groups in total. The molecule has 7 nitrogen and oxygen atoms in total. The van der Waals surface area contributed by atoms with Crippen LogP contribution in [0.15, 0.2) is 54.1 Å². The number of hydrogen-bond donors (Lipinski definition) is 3. The third-order valence-electron chi connectivity index (χ3n) is 4.87. The van der Waals surface area contributed by atoms with Crippen molar-refractivity contribution in [2.24, 2.45) is 0 Å². The SMILES string of the molecule is CN(C)CCCNC(=O)/C(=C/CCCCC(=O)NO)COc1cccc2ccccc12.[P]. The van der Waals surface area contributed by atoms with Crippen molar-refractivity contribution in [3.05, 3.63) is 54.1 Å². The molecular formula is C24H33N3O4P. The van der Waals surface area contributed by atoms with Gasteiger partial charge in [-0.05, 0) is 57.8 Å². The quantitative estimate of drug-likeness (QED) is 0.138. The van der Waals surface area contributed by atoms with Crippen molar-refractivity contribution in [1.82, 2.24) is 15.7 Å². The summed E-state index contributed by atoms with van der Waals surface area (Å²) in [4.78, 5) is 25.9. The lowest BCUT2D eigenvalue weighted by molar-refractivity contribution is -0.129. The van der Waals surface area contributed by atoms with E-state index in [4.69, 9.17) is 9.94 Å². The number of rotatable bonds is 13. The van der Waals surface area contributed by atoms with Crippen LogP contribution < -0.4 is 15.5 Å². The number of fused-ring (bicyclic) bond motifs is 1. The third-order valence-corrected chi connectivity index (χ3v) is 4.87. The minimum absolute atomic E-state index is 0. The van der Waals surface area contributed by atoms with Gasteiger partial charge in [-0.2, -0.15) is 0 Å². The standard InChI is InChI=1S/C24H33N3O4.P/c1-27(2)17-9-16-25-24(29)20(11-4-3-5-15-23(28)26-30)18-31-22-14-8-12-19-10-6-7-13-21(19)22;/h6-8,10-14,30H,3-5,9,15-18H2,1-2H3,(H,25,29)(H,26,28);/b20-11+;.